The van der Waals surface area contributed by atoms with Crippen LogP contribution in [0.2, 0.25) is 0 Å². The van der Waals surface area contributed by atoms with E-state index in [0.29, 0.717) is 7.62 Å². The SMILES string of the molecule is CC(C)C1C(=O)OBN1S. The highest BCUT2D eigenvalue weighted by molar-refractivity contribution is 7.78. The van der Waals surface area contributed by atoms with Gasteiger partial charge in [0.25, 0.3) is 0 Å². The maximum atomic E-state index is 10.9. The van der Waals surface area contributed by atoms with Crippen LogP contribution in [0.3, 0.4) is 0 Å². The summed E-state index contributed by atoms with van der Waals surface area (Å²) in [6.07, 6.45) is 0. The minimum absolute atomic E-state index is 0.162. The third-order valence-corrected chi connectivity index (χ3v) is 1.90. The minimum Gasteiger partial charge on any atom is -0.521 e. The van der Waals surface area contributed by atoms with Gasteiger partial charge in [-0.3, -0.25) is 4.79 Å². The molecule has 1 saturated heterocycles. The molecule has 0 spiro atoms. The summed E-state index contributed by atoms with van der Waals surface area (Å²) in [5.74, 6) is 0.109. The van der Waals surface area contributed by atoms with E-state index in [9.17, 15) is 4.79 Å². The van der Waals surface area contributed by atoms with Gasteiger partial charge in [0.05, 0.1) is 0 Å². The Morgan fingerprint density at radius 1 is 1.80 bits per heavy atom. The van der Waals surface area contributed by atoms with Gasteiger partial charge in [-0.1, -0.05) is 13.8 Å². The summed E-state index contributed by atoms with van der Waals surface area (Å²) in [6.45, 7) is 3.95. The third-order valence-electron chi connectivity index (χ3n) is 1.53. The topological polar surface area (TPSA) is 29.5 Å². The van der Waals surface area contributed by atoms with Crippen molar-refractivity contribution in [3.8, 4) is 0 Å². The molecular formula is C5H10BNO2S. The van der Waals surface area contributed by atoms with Crippen LogP contribution < -0.4 is 0 Å². The van der Waals surface area contributed by atoms with Crippen LogP contribution in [0.1, 0.15) is 13.8 Å². The smallest absolute Gasteiger partial charge is 0.443 e. The maximum Gasteiger partial charge on any atom is 0.443 e. The second kappa shape index (κ2) is 2.84. The molecule has 1 fully saturated rings. The van der Waals surface area contributed by atoms with Crippen molar-refractivity contribution in [2.45, 2.75) is 19.9 Å². The van der Waals surface area contributed by atoms with E-state index in [2.05, 4.69) is 12.8 Å². The lowest BCUT2D eigenvalue weighted by Gasteiger charge is -2.16. The van der Waals surface area contributed by atoms with Crippen molar-refractivity contribution in [2.75, 3.05) is 0 Å². The van der Waals surface area contributed by atoms with Crippen LogP contribution in [-0.4, -0.2) is 23.8 Å². The number of nitrogens with zero attached hydrogens (tertiary/aromatic N) is 1. The summed E-state index contributed by atoms with van der Waals surface area (Å²) in [4.78, 5) is 10.9. The summed E-state index contributed by atoms with van der Waals surface area (Å²) in [7, 11) is 0.310. The highest BCUT2D eigenvalue weighted by Crippen LogP contribution is 2.18. The Labute approximate surface area is 66.6 Å². The van der Waals surface area contributed by atoms with Crippen molar-refractivity contribution in [1.82, 2.24) is 4.22 Å². The Balaban J connectivity index is 2.63. The maximum absolute atomic E-state index is 10.9. The van der Waals surface area contributed by atoms with Crippen molar-refractivity contribution in [3.05, 3.63) is 0 Å². The molecule has 1 unspecified atom stereocenters. The van der Waals surface area contributed by atoms with Gasteiger partial charge in [0, 0.05) is 0 Å². The first-order valence-corrected chi connectivity index (χ1v) is 3.65. The molecule has 1 atom stereocenters. The summed E-state index contributed by atoms with van der Waals surface area (Å²) < 4.78 is 6.37. The highest BCUT2D eigenvalue weighted by Gasteiger charge is 2.35. The van der Waals surface area contributed by atoms with Gasteiger partial charge in [-0.05, 0) is 5.92 Å². The Morgan fingerprint density at radius 3 is 2.60 bits per heavy atom. The summed E-state index contributed by atoms with van der Waals surface area (Å²) in [5, 5.41) is 0. The van der Waals surface area contributed by atoms with Crippen LogP contribution in [-0.2, 0) is 9.45 Å². The number of thiol groups is 1. The predicted octanol–water partition coefficient (Wildman–Crippen LogP) is -0.0189. The fraction of sp³-hybridized carbons (Fsp3) is 0.800. The first-order valence-electron chi connectivity index (χ1n) is 3.25. The van der Waals surface area contributed by atoms with Gasteiger partial charge in [0.15, 0.2) is 0 Å². The Kier molecular flexibility index (Phi) is 2.26. The van der Waals surface area contributed by atoms with Crippen molar-refractivity contribution >= 4 is 26.4 Å². The lowest BCUT2D eigenvalue weighted by Crippen LogP contribution is -2.31. The lowest BCUT2D eigenvalue weighted by atomic mass is 10.0. The molecule has 3 nitrogen and oxygen atoms in total. The second-order valence-corrected chi connectivity index (χ2v) is 3.23. The molecule has 5 heteroatoms. The summed E-state index contributed by atoms with van der Waals surface area (Å²) in [6, 6.07) is -0.164. The monoisotopic (exact) mass is 159 g/mol. The van der Waals surface area contributed by atoms with Crippen LogP contribution in [0.25, 0.3) is 0 Å². The van der Waals surface area contributed by atoms with Gasteiger partial charge in [-0.15, -0.1) is 12.8 Å². The van der Waals surface area contributed by atoms with Crippen LogP contribution in [0, 0.1) is 5.92 Å². The number of carbonyl (C=O) groups excluding carboxylic acids is 1. The quantitative estimate of drug-likeness (QED) is 0.430. The number of rotatable bonds is 1. The molecule has 1 heterocycles. The number of carbonyl (C=O) groups is 1. The third kappa shape index (κ3) is 1.30. The van der Waals surface area contributed by atoms with Crippen LogP contribution in [0.15, 0.2) is 0 Å². The molecule has 0 radical (unpaired) electrons. The van der Waals surface area contributed by atoms with Crippen molar-refractivity contribution in [1.29, 1.82) is 0 Å². The second-order valence-electron chi connectivity index (χ2n) is 2.72. The molecular weight excluding hydrogens is 149 g/mol. The number of hydrogen-bond acceptors (Lipinski definition) is 4. The molecule has 1 aliphatic heterocycles. The normalized spacial score (nSPS) is 26.8. The predicted molar refractivity (Wildman–Crippen MR) is 42.7 cm³/mol. The fourth-order valence-electron chi connectivity index (χ4n) is 1.03. The lowest BCUT2D eigenvalue weighted by molar-refractivity contribution is -0.135. The zero-order valence-electron chi connectivity index (χ0n) is 6.07. The molecule has 1 aliphatic rings. The molecule has 10 heavy (non-hydrogen) atoms. The van der Waals surface area contributed by atoms with E-state index in [-0.39, 0.29) is 17.9 Å². The van der Waals surface area contributed by atoms with Crippen molar-refractivity contribution < 1.29 is 9.45 Å². The summed E-state index contributed by atoms with van der Waals surface area (Å²) in [5.41, 5.74) is 0. The Bertz CT molecular complexity index is 153. The van der Waals surface area contributed by atoms with E-state index in [4.69, 9.17) is 4.65 Å². The van der Waals surface area contributed by atoms with Crippen molar-refractivity contribution in [3.63, 3.8) is 0 Å². The Hall–Kier alpha value is -0.155. The zero-order valence-corrected chi connectivity index (χ0v) is 6.97. The fourth-order valence-corrected chi connectivity index (χ4v) is 1.45. The standard InChI is InChI=1S/C5H10BNO2S/c1-3(2)4-5(8)9-6-7(4)10/h3-4,6,10H,1-2H3. The van der Waals surface area contributed by atoms with Gasteiger partial charge < -0.3 is 4.65 Å². The summed E-state index contributed by atoms with van der Waals surface area (Å²) >= 11 is 4.07. The molecule has 0 aliphatic carbocycles. The molecule has 0 amide bonds. The largest absolute Gasteiger partial charge is 0.521 e. The van der Waals surface area contributed by atoms with E-state index in [0.717, 1.165) is 0 Å². The highest BCUT2D eigenvalue weighted by atomic mass is 32.1. The van der Waals surface area contributed by atoms with Gasteiger partial charge in [-0.25, -0.2) is 4.22 Å². The minimum atomic E-state index is -0.164. The van der Waals surface area contributed by atoms with E-state index in [1.54, 1.807) is 4.22 Å². The van der Waals surface area contributed by atoms with Gasteiger partial charge in [-0.2, -0.15) is 0 Å². The molecule has 0 saturated carbocycles. The van der Waals surface area contributed by atoms with Crippen LogP contribution in [0.5, 0.6) is 0 Å². The molecule has 0 bridgehead atoms. The van der Waals surface area contributed by atoms with Crippen LogP contribution in [0.4, 0.5) is 0 Å². The molecule has 0 N–H and O–H groups in total. The molecule has 0 aromatic rings. The van der Waals surface area contributed by atoms with E-state index in [1.807, 2.05) is 13.8 Å². The van der Waals surface area contributed by atoms with E-state index in [1.165, 1.54) is 0 Å². The first kappa shape index (κ1) is 7.95. The van der Waals surface area contributed by atoms with Crippen molar-refractivity contribution in [2.24, 2.45) is 5.92 Å². The molecule has 56 valence electrons. The Morgan fingerprint density at radius 2 is 2.40 bits per heavy atom. The average molecular weight is 159 g/mol. The molecule has 0 aromatic carbocycles. The first-order chi connectivity index (χ1) is 4.63. The molecule has 0 aromatic heterocycles. The van der Waals surface area contributed by atoms with Gasteiger partial charge in [0.2, 0.25) is 0 Å². The van der Waals surface area contributed by atoms with Crippen LogP contribution >= 0.6 is 12.8 Å². The van der Waals surface area contributed by atoms with E-state index >= 15 is 0 Å². The van der Waals surface area contributed by atoms with E-state index < -0.39 is 0 Å². The van der Waals surface area contributed by atoms with Gasteiger partial charge in [0.1, 0.15) is 6.04 Å². The van der Waals surface area contributed by atoms with Gasteiger partial charge >= 0.3 is 13.6 Å². The average Bonchev–Trinajstić information content (AvgIpc) is 2.11. The molecule has 1 rings (SSSR count). The number of hydrogen-bond donors (Lipinski definition) is 1. The zero-order chi connectivity index (χ0) is 7.72.